The first-order valence-corrected chi connectivity index (χ1v) is 6.00. The number of ether oxygens (including phenoxy) is 1. The number of aliphatic hydroxyl groups excluding tert-OH is 1. The first-order valence-electron chi connectivity index (χ1n) is 6.00. The summed E-state index contributed by atoms with van der Waals surface area (Å²) < 4.78 is 5.37. The van der Waals surface area contributed by atoms with Crippen molar-refractivity contribution in [2.45, 2.75) is 18.9 Å². The Morgan fingerprint density at radius 3 is 3.00 bits per heavy atom. The van der Waals surface area contributed by atoms with Gasteiger partial charge in [-0.15, -0.1) is 0 Å². The van der Waals surface area contributed by atoms with Crippen LogP contribution < -0.4 is 5.32 Å². The molecule has 1 aromatic rings. The van der Waals surface area contributed by atoms with Crippen LogP contribution in [0.3, 0.4) is 0 Å². The SMILES string of the molecule is N#Cc1nccnc1NCC(O)COCC1CC1. The molecule has 1 aliphatic rings. The van der Waals surface area contributed by atoms with E-state index < -0.39 is 6.10 Å². The molecule has 96 valence electrons. The fraction of sp³-hybridized carbons (Fsp3) is 0.583. The van der Waals surface area contributed by atoms with Crippen LogP contribution in [0.5, 0.6) is 0 Å². The van der Waals surface area contributed by atoms with E-state index >= 15 is 0 Å². The summed E-state index contributed by atoms with van der Waals surface area (Å²) in [5.41, 5.74) is 0.226. The van der Waals surface area contributed by atoms with Crippen LogP contribution in [0.25, 0.3) is 0 Å². The summed E-state index contributed by atoms with van der Waals surface area (Å²) in [7, 11) is 0. The minimum absolute atomic E-state index is 0.226. The second-order valence-corrected chi connectivity index (χ2v) is 4.38. The summed E-state index contributed by atoms with van der Waals surface area (Å²) >= 11 is 0. The number of nitrogens with zero attached hydrogens (tertiary/aromatic N) is 3. The topological polar surface area (TPSA) is 91.1 Å². The van der Waals surface area contributed by atoms with Gasteiger partial charge in [-0.3, -0.25) is 0 Å². The maximum absolute atomic E-state index is 9.69. The van der Waals surface area contributed by atoms with E-state index in [9.17, 15) is 5.11 Å². The molecule has 1 heterocycles. The molecule has 1 aliphatic carbocycles. The van der Waals surface area contributed by atoms with Crippen LogP contribution in [0.2, 0.25) is 0 Å². The number of hydrogen-bond donors (Lipinski definition) is 2. The van der Waals surface area contributed by atoms with Crippen molar-refractivity contribution in [1.29, 1.82) is 5.26 Å². The molecule has 6 nitrogen and oxygen atoms in total. The zero-order chi connectivity index (χ0) is 12.8. The molecular formula is C12H16N4O2. The van der Waals surface area contributed by atoms with Gasteiger partial charge in [0.1, 0.15) is 6.07 Å². The molecule has 0 bridgehead atoms. The summed E-state index contributed by atoms with van der Waals surface area (Å²) in [6, 6.07) is 1.94. The highest BCUT2D eigenvalue weighted by molar-refractivity contribution is 5.46. The lowest BCUT2D eigenvalue weighted by Gasteiger charge is -2.12. The van der Waals surface area contributed by atoms with Gasteiger partial charge in [0, 0.05) is 25.5 Å². The molecule has 2 rings (SSSR count). The Kier molecular flexibility index (Phi) is 4.45. The van der Waals surface area contributed by atoms with Gasteiger partial charge in [0.2, 0.25) is 0 Å². The summed E-state index contributed by atoms with van der Waals surface area (Å²) in [6.45, 7) is 1.31. The number of rotatable bonds is 7. The minimum Gasteiger partial charge on any atom is -0.389 e. The van der Waals surface area contributed by atoms with Gasteiger partial charge in [-0.1, -0.05) is 0 Å². The first-order chi connectivity index (χ1) is 8.79. The Balaban J connectivity index is 1.70. The fourth-order valence-electron chi connectivity index (χ4n) is 1.48. The predicted molar refractivity (Wildman–Crippen MR) is 64.8 cm³/mol. The fourth-order valence-corrected chi connectivity index (χ4v) is 1.48. The molecule has 1 saturated carbocycles. The molecule has 0 aromatic carbocycles. The third-order valence-electron chi connectivity index (χ3n) is 2.67. The highest BCUT2D eigenvalue weighted by Gasteiger charge is 2.21. The molecule has 0 radical (unpaired) electrons. The van der Waals surface area contributed by atoms with E-state index in [1.165, 1.54) is 25.2 Å². The lowest BCUT2D eigenvalue weighted by molar-refractivity contribution is 0.0385. The molecule has 6 heteroatoms. The molecule has 2 N–H and O–H groups in total. The van der Waals surface area contributed by atoms with Crippen molar-refractivity contribution in [3.05, 3.63) is 18.1 Å². The zero-order valence-corrected chi connectivity index (χ0v) is 10.0. The summed E-state index contributed by atoms with van der Waals surface area (Å²) in [6.07, 6.45) is 4.81. The average molecular weight is 248 g/mol. The molecule has 1 unspecified atom stereocenters. The van der Waals surface area contributed by atoms with Crippen LogP contribution in [-0.4, -0.2) is 40.9 Å². The van der Waals surface area contributed by atoms with Gasteiger partial charge in [-0.05, 0) is 18.8 Å². The summed E-state index contributed by atoms with van der Waals surface area (Å²) in [5.74, 6) is 1.08. The minimum atomic E-state index is -0.614. The van der Waals surface area contributed by atoms with Crippen LogP contribution in [0.15, 0.2) is 12.4 Å². The van der Waals surface area contributed by atoms with Crippen LogP contribution in [0.4, 0.5) is 5.82 Å². The largest absolute Gasteiger partial charge is 0.389 e. The number of anilines is 1. The van der Waals surface area contributed by atoms with Crippen molar-refractivity contribution in [2.24, 2.45) is 5.92 Å². The van der Waals surface area contributed by atoms with Crippen molar-refractivity contribution in [1.82, 2.24) is 9.97 Å². The molecule has 1 aromatic heterocycles. The Morgan fingerprint density at radius 1 is 1.50 bits per heavy atom. The van der Waals surface area contributed by atoms with E-state index in [1.54, 1.807) is 0 Å². The Labute approximate surface area is 106 Å². The average Bonchev–Trinajstić information content (AvgIpc) is 3.21. The van der Waals surface area contributed by atoms with Crippen LogP contribution >= 0.6 is 0 Å². The highest BCUT2D eigenvalue weighted by atomic mass is 16.5. The van der Waals surface area contributed by atoms with Gasteiger partial charge in [-0.2, -0.15) is 5.26 Å². The summed E-state index contributed by atoms with van der Waals surface area (Å²) in [5, 5.41) is 21.4. The van der Waals surface area contributed by atoms with Crippen molar-refractivity contribution in [3.8, 4) is 6.07 Å². The molecule has 18 heavy (non-hydrogen) atoms. The quantitative estimate of drug-likeness (QED) is 0.732. The second kappa shape index (κ2) is 6.28. The van der Waals surface area contributed by atoms with E-state index in [4.69, 9.17) is 10.00 Å². The highest BCUT2D eigenvalue weighted by Crippen LogP contribution is 2.28. The maximum Gasteiger partial charge on any atom is 0.182 e. The number of hydrogen-bond acceptors (Lipinski definition) is 6. The third-order valence-corrected chi connectivity index (χ3v) is 2.67. The zero-order valence-electron chi connectivity index (χ0n) is 10.0. The van der Waals surface area contributed by atoms with Gasteiger partial charge in [0.05, 0.1) is 12.7 Å². The molecule has 1 fully saturated rings. The smallest absolute Gasteiger partial charge is 0.182 e. The third kappa shape index (κ3) is 3.95. The van der Waals surface area contributed by atoms with Crippen molar-refractivity contribution < 1.29 is 9.84 Å². The molecule has 0 saturated heterocycles. The monoisotopic (exact) mass is 248 g/mol. The van der Waals surface area contributed by atoms with Gasteiger partial charge in [0.25, 0.3) is 0 Å². The Morgan fingerprint density at radius 2 is 2.28 bits per heavy atom. The number of nitrogens with one attached hydrogen (secondary N) is 1. The molecule has 1 atom stereocenters. The predicted octanol–water partition coefficient (Wildman–Crippen LogP) is 0.548. The lowest BCUT2D eigenvalue weighted by Crippen LogP contribution is -2.26. The van der Waals surface area contributed by atoms with Crippen LogP contribution in [0, 0.1) is 17.2 Å². The Hall–Kier alpha value is -1.71. The van der Waals surface area contributed by atoms with E-state index in [1.807, 2.05) is 6.07 Å². The molecular weight excluding hydrogens is 232 g/mol. The molecule has 0 spiro atoms. The van der Waals surface area contributed by atoms with E-state index in [-0.39, 0.29) is 12.2 Å². The van der Waals surface area contributed by atoms with Crippen molar-refractivity contribution in [2.75, 3.05) is 25.1 Å². The number of nitriles is 1. The van der Waals surface area contributed by atoms with Gasteiger partial charge >= 0.3 is 0 Å². The maximum atomic E-state index is 9.69. The van der Waals surface area contributed by atoms with E-state index in [0.717, 1.165) is 6.61 Å². The van der Waals surface area contributed by atoms with Crippen molar-refractivity contribution >= 4 is 5.82 Å². The van der Waals surface area contributed by atoms with E-state index in [0.29, 0.717) is 18.3 Å². The molecule has 0 aliphatic heterocycles. The standard InChI is InChI=1S/C12H16N4O2/c13-5-11-12(15-4-3-14-11)16-6-10(17)8-18-7-9-1-2-9/h3-4,9-10,17H,1-2,6-8H2,(H,15,16). The number of aliphatic hydroxyl groups is 1. The van der Waals surface area contributed by atoms with E-state index in [2.05, 4.69) is 15.3 Å². The second-order valence-electron chi connectivity index (χ2n) is 4.38. The van der Waals surface area contributed by atoms with Gasteiger partial charge in [-0.25, -0.2) is 9.97 Å². The van der Waals surface area contributed by atoms with Gasteiger partial charge in [0.15, 0.2) is 11.5 Å². The Bertz CT molecular complexity index is 428. The summed E-state index contributed by atoms with van der Waals surface area (Å²) in [4.78, 5) is 7.86. The molecule has 0 amide bonds. The van der Waals surface area contributed by atoms with Crippen molar-refractivity contribution in [3.63, 3.8) is 0 Å². The van der Waals surface area contributed by atoms with Crippen LogP contribution in [-0.2, 0) is 4.74 Å². The van der Waals surface area contributed by atoms with Crippen LogP contribution in [0.1, 0.15) is 18.5 Å². The first kappa shape index (κ1) is 12.7. The number of aromatic nitrogens is 2. The van der Waals surface area contributed by atoms with Gasteiger partial charge < -0.3 is 15.2 Å². The lowest BCUT2D eigenvalue weighted by atomic mass is 10.3. The normalized spacial score (nSPS) is 16.0.